The highest BCUT2D eigenvalue weighted by Gasteiger charge is 2.28. The minimum atomic E-state index is -1.05. The van der Waals surface area contributed by atoms with Crippen LogP contribution >= 0.6 is 0 Å². The summed E-state index contributed by atoms with van der Waals surface area (Å²) >= 11 is 0. The van der Waals surface area contributed by atoms with Crippen LogP contribution in [0.1, 0.15) is 27.7 Å². The fourth-order valence-electron chi connectivity index (χ4n) is 1.51. The van der Waals surface area contributed by atoms with Crippen LogP contribution in [0.2, 0.25) is 0 Å². The second kappa shape index (κ2) is 4.47. The number of rotatable bonds is 2. The fraction of sp³-hybridized carbons (Fsp3) is 0.417. The maximum absolute atomic E-state index is 10.0. The van der Waals surface area contributed by atoms with E-state index in [1.54, 1.807) is 18.9 Å². The van der Waals surface area contributed by atoms with E-state index in [0.29, 0.717) is 5.70 Å². The molecule has 0 saturated carbocycles. The molecule has 0 saturated heterocycles. The van der Waals surface area contributed by atoms with Crippen LogP contribution in [-0.4, -0.2) is 27.8 Å². The third-order valence-corrected chi connectivity index (χ3v) is 2.25. The lowest BCUT2D eigenvalue weighted by Gasteiger charge is -2.31. The van der Waals surface area contributed by atoms with Gasteiger partial charge in [0.25, 0.3) is 0 Å². The van der Waals surface area contributed by atoms with Gasteiger partial charge in [0.05, 0.1) is 11.4 Å². The van der Waals surface area contributed by atoms with Crippen molar-refractivity contribution < 1.29 is 5.11 Å². The number of aliphatic imine (C=N–C) groups is 1. The van der Waals surface area contributed by atoms with E-state index in [0.717, 1.165) is 11.4 Å². The zero-order valence-corrected chi connectivity index (χ0v) is 10.2. The van der Waals surface area contributed by atoms with Gasteiger partial charge in [0.1, 0.15) is 17.6 Å². The molecule has 0 aromatic carbocycles. The highest BCUT2D eigenvalue weighted by atomic mass is 16.3. The summed E-state index contributed by atoms with van der Waals surface area (Å²) in [5.41, 5.74) is 3.86. The van der Waals surface area contributed by atoms with Crippen molar-refractivity contribution >= 4 is 12.1 Å². The molecule has 0 aliphatic carbocycles. The lowest BCUT2D eigenvalue weighted by atomic mass is 10.0. The van der Waals surface area contributed by atoms with Crippen LogP contribution in [0, 0.1) is 0 Å². The van der Waals surface area contributed by atoms with Crippen molar-refractivity contribution in [2.45, 2.75) is 33.3 Å². The molecular weight excluding hydrogens is 202 g/mol. The number of hydrogen-bond donors (Lipinski definition) is 1. The van der Waals surface area contributed by atoms with Crippen molar-refractivity contribution in [3.63, 3.8) is 0 Å². The van der Waals surface area contributed by atoms with E-state index in [9.17, 15) is 5.11 Å². The molecule has 16 heavy (non-hydrogen) atoms. The molecule has 1 rings (SSSR count). The molecule has 1 heterocycles. The first-order valence-electron chi connectivity index (χ1n) is 5.08. The third-order valence-electron chi connectivity index (χ3n) is 2.25. The summed E-state index contributed by atoms with van der Waals surface area (Å²) in [6, 6.07) is 0. The standard InChI is InChI=1S/C12H17N3O/c1-6-10-9(3)13-8-14-15(10)11(7-2)12(4,5)16/h6,8,16H,2H2,1,3-5H3. The predicted octanol–water partition coefficient (Wildman–Crippen LogP) is 2.05. The van der Waals surface area contributed by atoms with Crippen LogP contribution in [0.5, 0.6) is 0 Å². The third kappa shape index (κ3) is 2.30. The van der Waals surface area contributed by atoms with Crippen molar-refractivity contribution in [1.82, 2.24) is 5.01 Å². The topological polar surface area (TPSA) is 48.2 Å². The maximum Gasteiger partial charge on any atom is 0.136 e. The van der Waals surface area contributed by atoms with E-state index >= 15 is 0 Å². The molecule has 0 bridgehead atoms. The van der Waals surface area contributed by atoms with Gasteiger partial charge in [-0.15, -0.1) is 5.73 Å². The van der Waals surface area contributed by atoms with E-state index in [1.807, 2.05) is 19.9 Å². The highest BCUT2D eigenvalue weighted by molar-refractivity contribution is 6.02. The summed E-state index contributed by atoms with van der Waals surface area (Å²) in [5, 5.41) is 15.7. The Morgan fingerprint density at radius 2 is 2.25 bits per heavy atom. The molecular formula is C12H17N3O. The van der Waals surface area contributed by atoms with E-state index in [2.05, 4.69) is 22.4 Å². The zero-order valence-electron chi connectivity index (χ0n) is 10.2. The fourth-order valence-corrected chi connectivity index (χ4v) is 1.51. The number of aliphatic hydroxyl groups is 1. The van der Waals surface area contributed by atoms with Crippen molar-refractivity contribution in [3.05, 3.63) is 29.8 Å². The molecule has 4 heteroatoms. The second-order valence-corrected chi connectivity index (χ2v) is 4.02. The van der Waals surface area contributed by atoms with Crippen LogP contribution < -0.4 is 0 Å². The average Bonchev–Trinajstić information content (AvgIpc) is 2.17. The summed E-state index contributed by atoms with van der Waals surface area (Å²) < 4.78 is 0. The van der Waals surface area contributed by atoms with E-state index < -0.39 is 5.60 Å². The molecule has 0 unspecified atom stereocenters. The van der Waals surface area contributed by atoms with Crippen LogP contribution in [0.4, 0.5) is 0 Å². The largest absolute Gasteiger partial charge is 0.383 e. The van der Waals surface area contributed by atoms with Crippen LogP contribution in [0.3, 0.4) is 0 Å². The molecule has 0 amide bonds. The lowest BCUT2D eigenvalue weighted by Crippen LogP contribution is -2.35. The van der Waals surface area contributed by atoms with Gasteiger partial charge in [-0.25, -0.2) is 10.0 Å². The Morgan fingerprint density at radius 3 is 2.69 bits per heavy atom. The Bertz CT molecular complexity index is 418. The van der Waals surface area contributed by atoms with Gasteiger partial charge in [-0.1, -0.05) is 12.7 Å². The molecule has 1 aliphatic rings. The monoisotopic (exact) mass is 219 g/mol. The highest BCUT2D eigenvalue weighted by Crippen LogP contribution is 2.25. The van der Waals surface area contributed by atoms with Crippen LogP contribution in [0.25, 0.3) is 0 Å². The van der Waals surface area contributed by atoms with Gasteiger partial charge >= 0.3 is 0 Å². The first-order chi connectivity index (χ1) is 7.41. The Morgan fingerprint density at radius 1 is 1.62 bits per heavy atom. The van der Waals surface area contributed by atoms with E-state index in [-0.39, 0.29) is 0 Å². The Balaban J connectivity index is 3.21. The summed E-state index contributed by atoms with van der Waals surface area (Å²) in [6.07, 6.45) is 3.34. The molecule has 1 aliphatic heterocycles. The van der Waals surface area contributed by atoms with Gasteiger partial charge in [-0.05, 0) is 27.7 Å². The number of hydrogen-bond acceptors (Lipinski definition) is 4. The number of nitrogens with zero attached hydrogens (tertiary/aromatic N) is 3. The molecule has 1 N–H and O–H groups in total. The van der Waals surface area contributed by atoms with Crippen molar-refractivity contribution in [2.24, 2.45) is 10.1 Å². The van der Waals surface area contributed by atoms with Gasteiger partial charge in [0, 0.05) is 0 Å². The second-order valence-electron chi connectivity index (χ2n) is 4.02. The van der Waals surface area contributed by atoms with Gasteiger partial charge in [-0.3, -0.25) is 0 Å². The first-order valence-corrected chi connectivity index (χ1v) is 5.08. The van der Waals surface area contributed by atoms with Crippen LogP contribution in [0.15, 0.2) is 39.9 Å². The van der Waals surface area contributed by atoms with Crippen molar-refractivity contribution in [1.29, 1.82) is 0 Å². The minimum Gasteiger partial charge on any atom is -0.383 e. The van der Waals surface area contributed by atoms with Crippen molar-refractivity contribution in [2.75, 3.05) is 0 Å². The quantitative estimate of drug-likeness (QED) is 0.722. The van der Waals surface area contributed by atoms with Gasteiger partial charge in [-0.2, -0.15) is 5.10 Å². The smallest absolute Gasteiger partial charge is 0.136 e. The molecule has 0 aromatic heterocycles. The Hall–Kier alpha value is -1.64. The van der Waals surface area contributed by atoms with Gasteiger partial charge in [0.15, 0.2) is 0 Å². The van der Waals surface area contributed by atoms with E-state index in [4.69, 9.17) is 0 Å². The number of allylic oxidation sites excluding steroid dienone is 2. The molecule has 0 atom stereocenters. The van der Waals surface area contributed by atoms with E-state index in [1.165, 1.54) is 6.34 Å². The maximum atomic E-state index is 10.0. The molecule has 0 spiro atoms. The SMILES string of the molecule is C=C=C(N1N=CN=C(C)C1=CC)C(C)(C)O. The summed E-state index contributed by atoms with van der Waals surface area (Å²) in [6.45, 7) is 10.7. The normalized spacial score (nSPS) is 18.4. The number of hydrazone groups is 1. The Labute approximate surface area is 96.0 Å². The minimum absolute atomic E-state index is 0.506. The molecule has 0 radical (unpaired) electrons. The van der Waals surface area contributed by atoms with Gasteiger partial charge in [0.2, 0.25) is 0 Å². The molecule has 4 nitrogen and oxygen atoms in total. The summed E-state index contributed by atoms with van der Waals surface area (Å²) in [4.78, 5) is 4.10. The first kappa shape index (κ1) is 12.4. The van der Waals surface area contributed by atoms with Crippen LogP contribution in [-0.2, 0) is 0 Å². The van der Waals surface area contributed by atoms with Gasteiger partial charge < -0.3 is 5.11 Å². The summed E-state index contributed by atoms with van der Waals surface area (Å²) in [7, 11) is 0. The molecule has 0 fully saturated rings. The molecule has 0 aromatic rings. The summed E-state index contributed by atoms with van der Waals surface area (Å²) in [5.74, 6) is 0. The predicted molar refractivity (Wildman–Crippen MR) is 66.1 cm³/mol. The Kier molecular flexibility index (Phi) is 3.48. The average molecular weight is 219 g/mol. The van der Waals surface area contributed by atoms with Crippen molar-refractivity contribution in [3.8, 4) is 0 Å². The molecule has 86 valence electrons. The lowest BCUT2D eigenvalue weighted by molar-refractivity contribution is 0.0917. The zero-order chi connectivity index (χ0) is 12.3.